The van der Waals surface area contributed by atoms with Crippen LogP contribution in [0.5, 0.6) is 0 Å². The molecule has 1 aliphatic heterocycles. The number of para-hydroxylation sites is 2. The number of nitrogens with one attached hydrogen (secondary N) is 4. The summed E-state index contributed by atoms with van der Waals surface area (Å²) in [7, 11) is 0. The minimum absolute atomic E-state index is 0.0457. The van der Waals surface area contributed by atoms with Gasteiger partial charge in [0, 0.05) is 71.7 Å². The lowest BCUT2D eigenvalue weighted by molar-refractivity contribution is 0.0642. The van der Waals surface area contributed by atoms with Crippen LogP contribution >= 0.6 is 0 Å². The van der Waals surface area contributed by atoms with Crippen LogP contribution in [0.3, 0.4) is 0 Å². The number of hydrogen-bond donors (Lipinski definition) is 5. The molecule has 11 aromatic rings. The van der Waals surface area contributed by atoms with Crippen molar-refractivity contribution in [1.29, 1.82) is 0 Å². The molecule has 2 amide bonds. The molecular formula is C50H32N6O6. The highest BCUT2D eigenvalue weighted by Gasteiger charge is 2.35. The van der Waals surface area contributed by atoms with Gasteiger partial charge in [-0.1, -0.05) is 48.5 Å². The third kappa shape index (κ3) is 5.65. The van der Waals surface area contributed by atoms with Gasteiger partial charge in [-0.05, 0) is 96.1 Å². The van der Waals surface area contributed by atoms with Crippen molar-refractivity contribution in [2.75, 3.05) is 0 Å². The summed E-state index contributed by atoms with van der Waals surface area (Å²) in [6, 6.07) is 39.2. The number of pyridine rings is 4. The first-order valence-corrected chi connectivity index (χ1v) is 19.9. The van der Waals surface area contributed by atoms with Crippen molar-refractivity contribution in [2.45, 2.75) is 13.1 Å². The Morgan fingerprint density at radius 3 is 1.13 bits per heavy atom. The van der Waals surface area contributed by atoms with E-state index in [1.54, 1.807) is 78.9 Å². The van der Waals surface area contributed by atoms with Gasteiger partial charge < -0.3 is 25.7 Å². The summed E-state index contributed by atoms with van der Waals surface area (Å²) in [5.74, 6) is -0.684. The molecule has 4 aromatic heterocycles. The van der Waals surface area contributed by atoms with Gasteiger partial charge in [0.2, 0.25) is 0 Å². The Morgan fingerprint density at radius 2 is 0.694 bits per heavy atom. The molecule has 298 valence electrons. The molecule has 12 nitrogen and oxygen atoms in total. The summed E-state index contributed by atoms with van der Waals surface area (Å²) in [6.45, 7) is 0.446. The lowest BCUT2D eigenvalue weighted by atomic mass is 10.0. The molecule has 0 saturated heterocycles. The van der Waals surface area contributed by atoms with Gasteiger partial charge >= 0.3 is 0 Å². The fourth-order valence-electron chi connectivity index (χ4n) is 8.67. The van der Waals surface area contributed by atoms with E-state index in [1.165, 1.54) is 4.90 Å². The average Bonchev–Trinajstić information content (AvgIpc) is 3.53. The van der Waals surface area contributed by atoms with E-state index in [4.69, 9.17) is 5.73 Å². The van der Waals surface area contributed by atoms with Crippen molar-refractivity contribution >= 4 is 99.0 Å². The third-order valence-electron chi connectivity index (χ3n) is 11.8. The Kier molecular flexibility index (Phi) is 8.14. The number of amides is 2. The van der Waals surface area contributed by atoms with Gasteiger partial charge in [-0.2, -0.15) is 0 Å². The SMILES string of the molecule is NCc1ccc2[nH]c3cc4c(=O)c5ccccc5[nH]c4cc3c(=O)c2c1.O=C1c2ccccc2C(=O)N1Cc1ccc2[nH]c3cc4c(=O)c5ccccc5[nH]c4cc3c(=O)c2c1. The molecular weight excluding hydrogens is 781 g/mol. The number of fused-ring (bicyclic) bond motifs is 9. The number of aromatic amines is 4. The van der Waals surface area contributed by atoms with Gasteiger partial charge in [-0.15, -0.1) is 0 Å². The minimum Gasteiger partial charge on any atom is -0.354 e. The van der Waals surface area contributed by atoms with E-state index in [1.807, 2.05) is 54.6 Å². The molecule has 0 spiro atoms. The van der Waals surface area contributed by atoms with Crippen LogP contribution in [0.4, 0.5) is 0 Å². The number of H-pyrrole nitrogens is 4. The highest BCUT2D eigenvalue weighted by atomic mass is 16.2. The first-order chi connectivity index (χ1) is 30.1. The summed E-state index contributed by atoms with van der Waals surface area (Å²) < 4.78 is 0. The lowest BCUT2D eigenvalue weighted by Crippen LogP contribution is -2.29. The molecule has 7 aromatic carbocycles. The highest BCUT2D eigenvalue weighted by Crippen LogP contribution is 2.27. The van der Waals surface area contributed by atoms with Crippen LogP contribution < -0.4 is 27.4 Å². The summed E-state index contributed by atoms with van der Waals surface area (Å²) in [6.07, 6.45) is 0. The second-order valence-corrected chi connectivity index (χ2v) is 15.5. The Labute approximate surface area is 347 Å². The molecule has 12 heteroatoms. The summed E-state index contributed by atoms with van der Waals surface area (Å²) in [4.78, 5) is 92.2. The predicted molar refractivity (Wildman–Crippen MR) is 244 cm³/mol. The van der Waals surface area contributed by atoms with Crippen molar-refractivity contribution in [3.05, 3.63) is 197 Å². The molecule has 1 aliphatic rings. The van der Waals surface area contributed by atoms with Crippen molar-refractivity contribution in [2.24, 2.45) is 5.73 Å². The van der Waals surface area contributed by atoms with Crippen LogP contribution in [0.15, 0.2) is 153 Å². The number of nitrogens with zero attached hydrogens (tertiary/aromatic N) is 1. The smallest absolute Gasteiger partial charge is 0.261 e. The van der Waals surface area contributed by atoms with E-state index < -0.39 is 0 Å². The normalized spacial score (nSPS) is 12.7. The van der Waals surface area contributed by atoms with Crippen LogP contribution in [0.2, 0.25) is 0 Å². The zero-order chi connectivity index (χ0) is 42.4. The molecule has 0 fully saturated rings. The van der Waals surface area contributed by atoms with Gasteiger partial charge in [-0.25, -0.2) is 0 Å². The monoisotopic (exact) mass is 812 g/mol. The zero-order valence-electron chi connectivity index (χ0n) is 32.6. The van der Waals surface area contributed by atoms with Crippen molar-refractivity contribution < 1.29 is 9.59 Å². The number of imide groups is 1. The van der Waals surface area contributed by atoms with E-state index in [-0.39, 0.29) is 40.1 Å². The van der Waals surface area contributed by atoms with Gasteiger partial charge in [-0.3, -0.25) is 33.7 Å². The standard InChI is InChI=1S/C29H17N3O4.C21H15N3O2/c33-26-18-7-3-4-8-22(18)30-24-13-21-25(12-20(24)26)31-23-10-9-15(11-19(23)27(21)34)14-32-28(35)16-5-1-2-6-17(16)29(32)36;22-10-11-5-6-17-13(7-11)21(26)15-9-18-14(8-19(15)24-17)20(25)12-3-1-2-4-16(12)23-18/h1-13H,14H2,(H,30,33)(H,31,34);1-9H,10,22H2,(H,23,25)(H,24,26). The maximum atomic E-state index is 13.5. The Morgan fingerprint density at radius 1 is 0.355 bits per heavy atom. The van der Waals surface area contributed by atoms with Crippen molar-refractivity contribution in [1.82, 2.24) is 24.8 Å². The lowest BCUT2D eigenvalue weighted by Gasteiger charge is -2.14. The number of nitrogens with two attached hydrogens (primary N) is 1. The largest absolute Gasteiger partial charge is 0.354 e. The molecule has 62 heavy (non-hydrogen) atoms. The number of benzene rings is 7. The average molecular weight is 813 g/mol. The van der Waals surface area contributed by atoms with Crippen LogP contribution in [-0.4, -0.2) is 36.7 Å². The number of carbonyl (C=O) groups excluding carboxylic acids is 2. The zero-order valence-corrected chi connectivity index (χ0v) is 32.6. The Hall–Kier alpha value is -8.48. The fraction of sp³-hybridized carbons (Fsp3) is 0.0400. The quantitative estimate of drug-likeness (QED) is 0.0895. The number of rotatable bonds is 3. The maximum absolute atomic E-state index is 13.5. The number of carbonyl (C=O) groups is 2. The Balaban J connectivity index is 0.000000147. The first-order valence-electron chi connectivity index (χ1n) is 19.9. The van der Waals surface area contributed by atoms with E-state index in [9.17, 15) is 28.8 Å². The van der Waals surface area contributed by atoms with E-state index >= 15 is 0 Å². The van der Waals surface area contributed by atoms with E-state index in [0.717, 1.165) is 16.6 Å². The molecule has 5 heterocycles. The summed E-state index contributed by atoms with van der Waals surface area (Å²) >= 11 is 0. The molecule has 12 rings (SSSR count). The van der Waals surface area contributed by atoms with E-state index in [2.05, 4.69) is 19.9 Å². The van der Waals surface area contributed by atoms with Gasteiger partial charge in [0.15, 0.2) is 21.7 Å². The van der Waals surface area contributed by atoms with Crippen molar-refractivity contribution in [3.63, 3.8) is 0 Å². The van der Waals surface area contributed by atoms with Crippen LogP contribution in [0.25, 0.3) is 87.2 Å². The first kappa shape index (κ1) is 36.6. The third-order valence-corrected chi connectivity index (χ3v) is 11.8. The molecule has 0 bridgehead atoms. The molecule has 0 aliphatic carbocycles. The fourth-order valence-corrected chi connectivity index (χ4v) is 8.67. The number of aromatic nitrogens is 4. The highest BCUT2D eigenvalue weighted by molar-refractivity contribution is 6.21. The Bertz CT molecular complexity index is 4020. The van der Waals surface area contributed by atoms with E-state index in [0.29, 0.717) is 99.4 Å². The van der Waals surface area contributed by atoms with Gasteiger partial charge in [0.1, 0.15) is 0 Å². The molecule has 0 radical (unpaired) electrons. The topological polar surface area (TPSA) is 195 Å². The van der Waals surface area contributed by atoms with Gasteiger partial charge in [0.05, 0.1) is 39.7 Å². The van der Waals surface area contributed by atoms with Crippen LogP contribution in [-0.2, 0) is 13.1 Å². The predicted octanol–water partition coefficient (Wildman–Crippen LogP) is 7.61. The van der Waals surface area contributed by atoms with Crippen LogP contribution in [0, 0.1) is 0 Å². The second-order valence-electron chi connectivity index (χ2n) is 15.5. The summed E-state index contributed by atoms with van der Waals surface area (Å²) in [5.41, 5.74) is 12.9. The molecule has 0 atom stereocenters. The second kappa shape index (κ2) is 13.8. The molecule has 6 N–H and O–H groups in total. The summed E-state index contributed by atoms with van der Waals surface area (Å²) in [5, 5.41) is 4.31. The van der Waals surface area contributed by atoms with Crippen molar-refractivity contribution in [3.8, 4) is 0 Å². The molecule has 0 saturated carbocycles. The maximum Gasteiger partial charge on any atom is 0.261 e. The van der Waals surface area contributed by atoms with Gasteiger partial charge in [0.25, 0.3) is 11.8 Å². The molecule has 0 unspecified atom stereocenters. The van der Waals surface area contributed by atoms with Crippen LogP contribution in [0.1, 0.15) is 31.8 Å². The minimum atomic E-state index is -0.342. The number of hydrogen-bond acceptors (Lipinski definition) is 7.